The van der Waals surface area contributed by atoms with Crippen LogP contribution in [-0.2, 0) is 9.59 Å². The minimum atomic E-state index is -3.00. The largest absolute Gasteiger partial charge is 0.433 e. The lowest BCUT2D eigenvalue weighted by atomic mass is 10.2. The molecular formula is C12H11F2N3O3S. The number of thioether (sulfide) groups is 1. The van der Waals surface area contributed by atoms with E-state index in [2.05, 4.69) is 15.0 Å². The fraction of sp³-hybridized carbons (Fsp3) is 0.250. The Morgan fingerprint density at radius 2 is 2.19 bits per heavy atom. The Balaban J connectivity index is 1.99. The summed E-state index contributed by atoms with van der Waals surface area (Å²) in [5.74, 6) is -1.15. The quantitative estimate of drug-likeness (QED) is 0.860. The first-order chi connectivity index (χ1) is 9.95. The van der Waals surface area contributed by atoms with Crippen molar-refractivity contribution in [2.75, 3.05) is 5.32 Å². The zero-order valence-electron chi connectivity index (χ0n) is 10.6. The van der Waals surface area contributed by atoms with E-state index >= 15 is 0 Å². The van der Waals surface area contributed by atoms with Crippen molar-refractivity contribution in [3.63, 3.8) is 0 Å². The third-order valence-corrected chi connectivity index (χ3v) is 3.49. The highest BCUT2D eigenvalue weighted by Crippen LogP contribution is 2.27. The van der Waals surface area contributed by atoms with Crippen LogP contribution in [-0.4, -0.2) is 28.8 Å². The lowest BCUT2D eigenvalue weighted by molar-refractivity contribution is -0.121. The number of nitrogens with two attached hydrogens (primary N) is 1. The summed E-state index contributed by atoms with van der Waals surface area (Å²) in [5, 5.41) is 1.85. The summed E-state index contributed by atoms with van der Waals surface area (Å²) in [6.45, 7) is -3.00. The number of amides is 2. The number of alkyl halides is 2. The van der Waals surface area contributed by atoms with Gasteiger partial charge in [0.1, 0.15) is 11.0 Å². The van der Waals surface area contributed by atoms with Crippen molar-refractivity contribution in [2.45, 2.75) is 18.3 Å². The van der Waals surface area contributed by atoms with Crippen molar-refractivity contribution in [1.29, 1.82) is 0 Å². The molecule has 0 aliphatic carbocycles. The molecule has 1 aromatic carbocycles. The zero-order valence-corrected chi connectivity index (χ0v) is 11.4. The van der Waals surface area contributed by atoms with Crippen LogP contribution in [0.15, 0.2) is 29.3 Å². The van der Waals surface area contributed by atoms with E-state index < -0.39 is 23.7 Å². The number of para-hydroxylation sites is 2. The second-order valence-electron chi connectivity index (χ2n) is 4.02. The number of carbonyl (C=O) groups excluding carboxylic acids is 2. The number of anilines is 1. The van der Waals surface area contributed by atoms with E-state index in [1.807, 2.05) is 0 Å². The molecule has 1 aliphatic rings. The summed E-state index contributed by atoms with van der Waals surface area (Å²) in [4.78, 5) is 26.7. The molecule has 3 N–H and O–H groups in total. The van der Waals surface area contributed by atoms with Crippen molar-refractivity contribution in [2.24, 2.45) is 10.7 Å². The van der Waals surface area contributed by atoms with Crippen molar-refractivity contribution in [3.8, 4) is 5.75 Å². The Labute approximate surface area is 122 Å². The molecule has 6 nitrogen and oxygen atoms in total. The predicted octanol–water partition coefficient (Wildman–Crippen LogP) is 1.57. The van der Waals surface area contributed by atoms with Crippen LogP contribution >= 0.6 is 11.8 Å². The number of hydrogen-bond donors (Lipinski definition) is 2. The maximum absolute atomic E-state index is 12.2. The lowest BCUT2D eigenvalue weighted by Crippen LogP contribution is -2.22. The maximum Gasteiger partial charge on any atom is 0.387 e. The Morgan fingerprint density at radius 3 is 2.81 bits per heavy atom. The van der Waals surface area contributed by atoms with Crippen molar-refractivity contribution in [3.05, 3.63) is 24.3 Å². The van der Waals surface area contributed by atoms with E-state index in [0.29, 0.717) is 0 Å². The molecule has 2 rings (SSSR count). The third-order valence-electron chi connectivity index (χ3n) is 2.51. The fourth-order valence-electron chi connectivity index (χ4n) is 1.67. The Bertz CT molecular complexity index is 595. The highest BCUT2D eigenvalue weighted by atomic mass is 32.2. The number of carbonyl (C=O) groups is 2. The molecule has 9 heteroatoms. The van der Waals surface area contributed by atoms with E-state index in [4.69, 9.17) is 5.73 Å². The molecule has 0 fully saturated rings. The van der Waals surface area contributed by atoms with E-state index in [0.717, 1.165) is 11.8 Å². The van der Waals surface area contributed by atoms with Crippen LogP contribution in [0.1, 0.15) is 6.42 Å². The van der Waals surface area contributed by atoms with Gasteiger partial charge in [-0.2, -0.15) is 13.8 Å². The van der Waals surface area contributed by atoms with Gasteiger partial charge in [0.2, 0.25) is 5.91 Å². The van der Waals surface area contributed by atoms with Gasteiger partial charge >= 0.3 is 6.61 Å². The molecule has 1 atom stereocenters. The predicted molar refractivity (Wildman–Crippen MR) is 74.3 cm³/mol. The number of halogens is 2. The van der Waals surface area contributed by atoms with Crippen LogP contribution < -0.4 is 15.8 Å². The SMILES string of the molecule is NC1=NC(=O)[C@H](CC(=O)Nc2ccccc2OC(F)F)S1. The number of benzene rings is 1. The minimum absolute atomic E-state index is 0.104. The molecule has 1 aliphatic heterocycles. The maximum atomic E-state index is 12.2. The summed E-state index contributed by atoms with van der Waals surface area (Å²) in [6, 6.07) is 5.78. The molecule has 1 heterocycles. The van der Waals surface area contributed by atoms with Gasteiger partial charge in [-0.05, 0) is 12.1 Å². The van der Waals surface area contributed by atoms with Gasteiger partial charge in [0.15, 0.2) is 5.17 Å². The van der Waals surface area contributed by atoms with E-state index in [1.165, 1.54) is 18.2 Å². The summed E-state index contributed by atoms with van der Waals surface area (Å²) in [7, 11) is 0. The molecule has 0 bridgehead atoms. The van der Waals surface area contributed by atoms with Gasteiger partial charge in [0.25, 0.3) is 5.91 Å². The van der Waals surface area contributed by atoms with E-state index in [9.17, 15) is 18.4 Å². The fourth-order valence-corrected chi connectivity index (χ4v) is 2.49. The molecular weight excluding hydrogens is 304 g/mol. The molecule has 0 unspecified atom stereocenters. The van der Waals surface area contributed by atoms with Crippen LogP contribution in [0.4, 0.5) is 14.5 Å². The molecule has 21 heavy (non-hydrogen) atoms. The number of hydrogen-bond acceptors (Lipinski definition) is 5. The highest BCUT2D eigenvalue weighted by molar-refractivity contribution is 8.15. The Kier molecular flexibility index (Phi) is 4.73. The average molecular weight is 315 g/mol. The summed E-state index contributed by atoms with van der Waals surface area (Å²) in [6.07, 6.45) is -0.156. The first kappa shape index (κ1) is 15.2. The molecule has 2 amide bonds. The molecule has 0 radical (unpaired) electrons. The topological polar surface area (TPSA) is 93.8 Å². The van der Waals surface area contributed by atoms with E-state index in [1.54, 1.807) is 6.07 Å². The van der Waals surface area contributed by atoms with Crippen LogP contribution in [0.5, 0.6) is 5.75 Å². The van der Waals surface area contributed by atoms with Gasteiger partial charge in [-0.15, -0.1) is 0 Å². The molecule has 0 saturated heterocycles. The van der Waals surface area contributed by atoms with Gasteiger partial charge in [-0.1, -0.05) is 23.9 Å². The van der Waals surface area contributed by atoms with Gasteiger partial charge in [0, 0.05) is 6.42 Å². The van der Waals surface area contributed by atoms with Crippen molar-refractivity contribution < 1.29 is 23.1 Å². The van der Waals surface area contributed by atoms with Crippen molar-refractivity contribution in [1.82, 2.24) is 0 Å². The zero-order chi connectivity index (χ0) is 15.4. The molecule has 1 aromatic rings. The van der Waals surface area contributed by atoms with E-state index in [-0.39, 0.29) is 23.0 Å². The normalized spacial score (nSPS) is 17.8. The molecule has 0 saturated carbocycles. The summed E-state index contributed by atoms with van der Waals surface area (Å²) >= 11 is 0.994. The molecule has 112 valence electrons. The summed E-state index contributed by atoms with van der Waals surface area (Å²) in [5.41, 5.74) is 5.48. The van der Waals surface area contributed by atoms with Crippen molar-refractivity contribution >= 4 is 34.4 Å². The first-order valence-corrected chi connectivity index (χ1v) is 6.72. The smallest absolute Gasteiger partial charge is 0.387 e. The van der Waals surface area contributed by atoms with Gasteiger partial charge < -0.3 is 15.8 Å². The second kappa shape index (κ2) is 6.53. The highest BCUT2D eigenvalue weighted by Gasteiger charge is 2.29. The van der Waals surface area contributed by atoms with Gasteiger partial charge in [-0.3, -0.25) is 9.59 Å². The number of ether oxygens (including phenoxy) is 1. The standard InChI is InChI=1S/C12H11F2N3O3S/c13-11(14)20-7-4-2-1-3-6(7)16-9(18)5-8-10(19)17-12(15)21-8/h1-4,8,11H,5H2,(H,16,18)(H2,15,17,19)/t8-/m0/s1. The van der Waals surface area contributed by atoms with Crippen LogP contribution in [0, 0.1) is 0 Å². The van der Waals surface area contributed by atoms with Crippen LogP contribution in [0.25, 0.3) is 0 Å². The molecule has 0 aromatic heterocycles. The monoisotopic (exact) mass is 315 g/mol. The number of amidine groups is 1. The van der Waals surface area contributed by atoms with Gasteiger partial charge in [0.05, 0.1) is 5.69 Å². The van der Waals surface area contributed by atoms with Gasteiger partial charge in [-0.25, -0.2) is 0 Å². The lowest BCUT2D eigenvalue weighted by Gasteiger charge is -2.12. The number of nitrogens with zero attached hydrogens (tertiary/aromatic N) is 1. The Hall–Kier alpha value is -2.16. The van der Waals surface area contributed by atoms with Crippen LogP contribution in [0.2, 0.25) is 0 Å². The second-order valence-corrected chi connectivity index (χ2v) is 5.24. The first-order valence-electron chi connectivity index (χ1n) is 5.84. The average Bonchev–Trinajstić information content (AvgIpc) is 2.69. The number of rotatable bonds is 5. The number of aliphatic imine (C=N–C) groups is 1. The summed E-state index contributed by atoms with van der Waals surface area (Å²) < 4.78 is 28.8. The number of nitrogens with one attached hydrogen (secondary N) is 1. The van der Waals surface area contributed by atoms with Crippen LogP contribution in [0.3, 0.4) is 0 Å². The molecule has 0 spiro atoms. The third kappa shape index (κ3) is 4.15. The minimum Gasteiger partial charge on any atom is -0.433 e. The Morgan fingerprint density at radius 1 is 1.48 bits per heavy atom.